The number of aromatic nitrogens is 1. The minimum Gasteiger partial charge on any atom is -0.493 e. The number of ether oxygens (including phenoxy) is 2. The molecule has 36 heavy (non-hydrogen) atoms. The van der Waals surface area contributed by atoms with Crippen LogP contribution in [0.4, 0.5) is 5.69 Å². The molecular weight excluding hydrogens is 450 g/mol. The Hall–Kier alpha value is -3.38. The van der Waals surface area contributed by atoms with Gasteiger partial charge < -0.3 is 19.3 Å². The van der Waals surface area contributed by atoms with Crippen molar-refractivity contribution in [2.24, 2.45) is 5.92 Å². The maximum atomic E-state index is 12.9. The van der Waals surface area contributed by atoms with Crippen LogP contribution in [0.3, 0.4) is 0 Å². The molecule has 0 spiro atoms. The molecular formula is C30H37N3O3. The Balaban J connectivity index is 0.000000251. The Morgan fingerprint density at radius 3 is 2.33 bits per heavy atom. The molecule has 0 unspecified atom stereocenters. The number of rotatable bonds is 7. The van der Waals surface area contributed by atoms with E-state index >= 15 is 0 Å². The van der Waals surface area contributed by atoms with Crippen LogP contribution in [-0.2, 0) is 0 Å². The topological polar surface area (TPSA) is 54.9 Å². The fraction of sp³-hybridized carbons (Fsp3) is 0.400. The Kier molecular flexibility index (Phi) is 8.95. The molecule has 0 bridgehead atoms. The highest BCUT2D eigenvalue weighted by Crippen LogP contribution is 2.30. The zero-order valence-corrected chi connectivity index (χ0v) is 21.7. The van der Waals surface area contributed by atoms with Gasteiger partial charge in [-0.05, 0) is 86.7 Å². The van der Waals surface area contributed by atoms with E-state index in [2.05, 4.69) is 9.88 Å². The van der Waals surface area contributed by atoms with Crippen molar-refractivity contribution in [2.45, 2.75) is 32.1 Å². The van der Waals surface area contributed by atoms with Crippen LogP contribution >= 0.6 is 0 Å². The van der Waals surface area contributed by atoms with Crippen molar-refractivity contribution in [1.29, 1.82) is 0 Å². The highest BCUT2D eigenvalue weighted by Gasteiger charge is 2.22. The predicted octanol–water partition coefficient (Wildman–Crippen LogP) is 5.92. The summed E-state index contributed by atoms with van der Waals surface area (Å²) in [7, 11) is 4.87. The highest BCUT2D eigenvalue weighted by molar-refractivity contribution is 6.06. The number of carbonyl (C=O) groups is 1. The second-order valence-electron chi connectivity index (χ2n) is 9.53. The number of carbonyl (C=O) groups excluding carboxylic acids is 1. The van der Waals surface area contributed by atoms with Gasteiger partial charge in [0, 0.05) is 42.8 Å². The average molecular weight is 488 g/mol. The van der Waals surface area contributed by atoms with E-state index in [4.69, 9.17) is 9.47 Å². The number of amides is 1. The first-order chi connectivity index (χ1) is 17.6. The second-order valence-corrected chi connectivity index (χ2v) is 9.53. The van der Waals surface area contributed by atoms with Crippen LogP contribution in [0.1, 0.15) is 42.5 Å². The van der Waals surface area contributed by atoms with Crippen LogP contribution in [0.25, 0.3) is 11.1 Å². The third kappa shape index (κ3) is 6.43. The van der Waals surface area contributed by atoms with E-state index < -0.39 is 0 Å². The molecule has 1 amide bonds. The molecule has 1 aliphatic carbocycles. The van der Waals surface area contributed by atoms with Gasteiger partial charge in [0.15, 0.2) is 11.5 Å². The highest BCUT2D eigenvalue weighted by atomic mass is 16.5. The van der Waals surface area contributed by atoms with Crippen molar-refractivity contribution in [3.05, 3.63) is 72.6 Å². The van der Waals surface area contributed by atoms with Gasteiger partial charge in [0.1, 0.15) is 0 Å². The van der Waals surface area contributed by atoms with Gasteiger partial charge in [0.2, 0.25) is 0 Å². The molecule has 2 heterocycles. The number of pyridine rings is 1. The molecule has 1 aromatic heterocycles. The SMILES string of the molecule is C1CC(CN2CCCC2)C1.COc1ccc(C(=O)N(C)c2cccc(-c3cccnc3)c2)cc1OC. The number of hydrogen-bond donors (Lipinski definition) is 0. The summed E-state index contributed by atoms with van der Waals surface area (Å²) in [6.07, 6.45) is 11.0. The Bertz CT molecular complexity index is 1130. The lowest BCUT2D eigenvalue weighted by molar-refractivity contribution is 0.0992. The van der Waals surface area contributed by atoms with Crippen LogP contribution in [0.15, 0.2) is 67.0 Å². The first kappa shape index (κ1) is 25.7. The first-order valence-corrected chi connectivity index (χ1v) is 12.8. The van der Waals surface area contributed by atoms with Crippen molar-refractivity contribution >= 4 is 11.6 Å². The van der Waals surface area contributed by atoms with Crippen molar-refractivity contribution < 1.29 is 14.3 Å². The zero-order valence-electron chi connectivity index (χ0n) is 21.7. The van der Waals surface area contributed by atoms with E-state index in [1.54, 1.807) is 56.8 Å². The predicted molar refractivity (Wildman–Crippen MR) is 145 cm³/mol. The molecule has 0 radical (unpaired) electrons. The molecule has 6 nitrogen and oxygen atoms in total. The van der Waals surface area contributed by atoms with Gasteiger partial charge in [-0.25, -0.2) is 0 Å². The number of hydrogen-bond acceptors (Lipinski definition) is 5. The summed E-state index contributed by atoms with van der Waals surface area (Å²) in [5, 5.41) is 0. The van der Waals surface area contributed by atoms with E-state index in [9.17, 15) is 4.79 Å². The number of likely N-dealkylation sites (tertiary alicyclic amines) is 1. The normalized spacial score (nSPS) is 15.4. The zero-order chi connectivity index (χ0) is 25.3. The smallest absolute Gasteiger partial charge is 0.258 e. The van der Waals surface area contributed by atoms with Crippen LogP contribution in [0, 0.1) is 5.92 Å². The molecule has 2 aromatic carbocycles. The van der Waals surface area contributed by atoms with Gasteiger partial charge in [0.25, 0.3) is 5.91 Å². The summed E-state index contributed by atoms with van der Waals surface area (Å²) in [5.74, 6) is 2.06. The van der Waals surface area contributed by atoms with E-state index in [-0.39, 0.29) is 5.91 Å². The lowest BCUT2D eigenvalue weighted by Crippen LogP contribution is -2.30. The minimum atomic E-state index is -0.130. The molecule has 3 aromatic rings. The third-order valence-electron chi connectivity index (χ3n) is 7.10. The van der Waals surface area contributed by atoms with Gasteiger partial charge >= 0.3 is 0 Å². The fourth-order valence-electron chi connectivity index (χ4n) is 4.71. The van der Waals surface area contributed by atoms with Crippen molar-refractivity contribution in [2.75, 3.05) is 45.8 Å². The first-order valence-electron chi connectivity index (χ1n) is 12.8. The summed E-state index contributed by atoms with van der Waals surface area (Å²) >= 11 is 0. The average Bonchev–Trinajstić information content (AvgIpc) is 3.44. The molecule has 0 atom stereocenters. The van der Waals surface area contributed by atoms with Crippen molar-refractivity contribution in [1.82, 2.24) is 9.88 Å². The Morgan fingerprint density at radius 1 is 0.944 bits per heavy atom. The summed E-state index contributed by atoms with van der Waals surface area (Å²) in [4.78, 5) is 21.3. The third-order valence-corrected chi connectivity index (χ3v) is 7.10. The van der Waals surface area contributed by atoms with Crippen molar-refractivity contribution in [3.63, 3.8) is 0 Å². The quantitative estimate of drug-likeness (QED) is 0.414. The minimum absolute atomic E-state index is 0.130. The van der Waals surface area contributed by atoms with E-state index in [1.807, 2.05) is 36.4 Å². The van der Waals surface area contributed by atoms with Gasteiger partial charge in [-0.15, -0.1) is 0 Å². The molecule has 6 heteroatoms. The second kappa shape index (κ2) is 12.5. The molecule has 0 N–H and O–H groups in total. The van der Waals surface area contributed by atoms with Gasteiger partial charge in [0.05, 0.1) is 14.2 Å². The lowest BCUT2D eigenvalue weighted by atomic mass is 9.85. The molecule has 2 aliphatic rings. The molecule has 1 saturated heterocycles. The van der Waals surface area contributed by atoms with Crippen LogP contribution in [-0.4, -0.2) is 56.7 Å². The summed E-state index contributed by atoms with van der Waals surface area (Å²) in [6.45, 7) is 4.19. The molecule has 2 fully saturated rings. The number of anilines is 1. The van der Waals surface area contributed by atoms with Crippen molar-refractivity contribution in [3.8, 4) is 22.6 Å². The standard InChI is InChI=1S/C21H20N2O3.C9H17N/c1-23(21(24)16-9-10-19(25-2)20(13-16)26-3)18-8-4-6-15(12-18)17-7-5-11-22-14-17;1-2-7-10(6-1)8-9-4-3-5-9/h4-14H,1-3H3;9H,1-8H2. The number of methoxy groups -OCH3 is 2. The maximum absolute atomic E-state index is 12.9. The summed E-state index contributed by atoms with van der Waals surface area (Å²) in [6, 6.07) is 16.8. The van der Waals surface area contributed by atoms with Crippen LogP contribution in [0.2, 0.25) is 0 Å². The van der Waals surface area contributed by atoms with Gasteiger partial charge in [-0.2, -0.15) is 0 Å². The van der Waals surface area contributed by atoms with Crippen LogP contribution < -0.4 is 14.4 Å². The maximum Gasteiger partial charge on any atom is 0.258 e. The van der Waals surface area contributed by atoms with E-state index in [1.165, 1.54) is 51.7 Å². The number of benzene rings is 2. The van der Waals surface area contributed by atoms with E-state index in [0.717, 1.165) is 22.7 Å². The van der Waals surface area contributed by atoms with E-state index in [0.29, 0.717) is 17.1 Å². The summed E-state index contributed by atoms with van der Waals surface area (Å²) < 4.78 is 10.5. The molecule has 1 aliphatic heterocycles. The van der Waals surface area contributed by atoms with Gasteiger partial charge in [-0.3, -0.25) is 9.78 Å². The lowest BCUT2D eigenvalue weighted by Gasteiger charge is -2.29. The monoisotopic (exact) mass is 487 g/mol. The number of nitrogens with zero attached hydrogens (tertiary/aromatic N) is 3. The van der Waals surface area contributed by atoms with Crippen LogP contribution in [0.5, 0.6) is 11.5 Å². The summed E-state index contributed by atoms with van der Waals surface area (Å²) in [5.41, 5.74) is 3.33. The Morgan fingerprint density at radius 2 is 1.69 bits per heavy atom. The molecule has 5 rings (SSSR count). The van der Waals surface area contributed by atoms with Gasteiger partial charge in [-0.1, -0.05) is 24.6 Å². The molecule has 190 valence electrons. The largest absolute Gasteiger partial charge is 0.493 e. The Labute approximate surface area is 214 Å². The molecule has 1 saturated carbocycles. The fourth-order valence-corrected chi connectivity index (χ4v) is 4.71.